The van der Waals surface area contributed by atoms with E-state index >= 15 is 0 Å². The lowest BCUT2D eigenvalue weighted by molar-refractivity contribution is -0.137. The summed E-state index contributed by atoms with van der Waals surface area (Å²) in [5, 5.41) is 3.76. The highest BCUT2D eigenvalue weighted by molar-refractivity contribution is 7.18. The van der Waals surface area contributed by atoms with Crippen molar-refractivity contribution in [1.82, 2.24) is 9.97 Å². The van der Waals surface area contributed by atoms with Crippen LogP contribution < -0.4 is 16.8 Å². The number of aromatic nitrogens is 2. The van der Waals surface area contributed by atoms with Crippen molar-refractivity contribution < 1.29 is 17.6 Å². The standard InChI is InChI=1S/C20H17F3N4O2S/c21-20(22,23)13-3-1-2-11(6-13)7-14(24)9-25-18-26-10-17(30-18)12-4-5-15-16(8-12)29-19(28)27-15/h1-6,8,10,14H,7,9,24H2,(H,25,26)(H,27,28)/t14-/m1/s1. The topological polar surface area (TPSA) is 96.9 Å². The molecule has 0 fully saturated rings. The molecule has 0 spiro atoms. The Morgan fingerprint density at radius 3 is 2.87 bits per heavy atom. The first-order valence-electron chi connectivity index (χ1n) is 9.02. The molecule has 2 heterocycles. The Morgan fingerprint density at radius 2 is 2.07 bits per heavy atom. The number of hydrogen-bond donors (Lipinski definition) is 3. The summed E-state index contributed by atoms with van der Waals surface area (Å²) in [7, 11) is 0. The van der Waals surface area contributed by atoms with Crippen LogP contribution in [0.5, 0.6) is 0 Å². The summed E-state index contributed by atoms with van der Waals surface area (Å²) in [6.45, 7) is 0.356. The van der Waals surface area contributed by atoms with E-state index in [4.69, 9.17) is 10.2 Å². The smallest absolute Gasteiger partial charge is 0.408 e. The van der Waals surface area contributed by atoms with Gasteiger partial charge in [-0.05, 0) is 35.7 Å². The first-order valence-corrected chi connectivity index (χ1v) is 9.84. The number of fused-ring (bicyclic) bond motifs is 1. The van der Waals surface area contributed by atoms with E-state index < -0.39 is 17.5 Å². The van der Waals surface area contributed by atoms with E-state index in [1.54, 1.807) is 24.4 Å². The van der Waals surface area contributed by atoms with E-state index in [2.05, 4.69) is 15.3 Å². The van der Waals surface area contributed by atoms with Gasteiger partial charge >= 0.3 is 11.9 Å². The molecule has 0 unspecified atom stereocenters. The molecular weight excluding hydrogens is 417 g/mol. The fourth-order valence-corrected chi connectivity index (χ4v) is 3.88. The van der Waals surface area contributed by atoms with Crippen molar-refractivity contribution >= 4 is 27.6 Å². The van der Waals surface area contributed by atoms with E-state index in [0.717, 1.165) is 22.6 Å². The number of anilines is 1. The van der Waals surface area contributed by atoms with E-state index in [9.17, 15) is 18.0 Å². The normalized spacial score (nSPS) is 12.9. The van der Waals surface area contributed by atoms with Gasteiger partial charge in [-0.15, -0.1) is 0 Å². The SMILES string of the molecule is N[C@@H](CNc1ncc(-c2ccc3[nH]c(=O)oc3c2)s1)Cc1cccc(C(F)(F)F)c1. The number of nitrogens with zero attached hydrogens (tertiary/aromatic N) is 1. The molecule has 0 aliphatic carbocycles. The molecule has 4 aromatic rings. The monoisotopic (exact) mass is 434 g/mol. The van der Waals surface area contributed by atoms with Crippen molar-refractivity contribution in [1.29, 1.82) is 0 Å². The van der Waals surface area contributed by atoms with Crippen LogP contribution in [0.25, 0.3) is 21.5 Å². The van der Waals surface area contributed by atoms with Gasteiger partial charge in [-0.25, -0.2) is 9.78 Å². The quantitative estimate of drug-likeness (QED) is 0.422. The van der Waals surface area contributed by atoms with Crippen molar-refractivity contribution in [3.8, 4) is 10.4 Å². The van der Waals surface area contributed by atoms with E-state index in [0.29, 0.717) is 34.8 Å². The zero-order chi connectivity index (χ0) is 21.3. The third kappa shape index (κ3) is 4.55. The summed E-state index contributed by atoms with van der Waals surface area (Å²) in [5.74, 6) is -0.511. The van der Waals surface area contributed by atoms with Gasteiger partial charge in [0.1, 0.15) is 0 Å². The second-order valence-electron chi connectivity index (χ2n) is 6.80. The lowest BCUT2D eigenvalue weighted by Crippen LogP contribution is -2.31. The Hall–Kier alpha value is -3.11. The predicted molar refractivity (Wildman–Crippen MR) is 110 cm³/mol. The molecule has 0 bridgehead atoms. The molecule has 0 aliphatic heterocycles. The number of rotatable bonds is 6. The maximum absolute atomic E-state index is 12.8. The minimum Gasteiger partial charge on any atom is -0.408 e. The molecule has 0 aliphatic rings. The molecule has 0 saturated carbocycles. The van der Waals surface area contributed by atoms with Crippen LogP contribution in [0.3, 0.4) is 0 Å². The first-order chi connectivity index (χ1) is 14.3. The second kappa shape index (κ2) is 7.96. The fourth-order valence-electron chi connectivity index (χ4n) is 3.06. The molecule has 2 aromatic carbocycles. The van der Waals surface area contributed by atoms with Crippen molar-refractivity contribution in [2.45, 2.75) is 18.6 Å². The molecule has 0 saturated heterocycles. The van der Waals surface area contributed by atoms with Crippen LogP contribution in [0.15, 0.2) is 57.9 Å². The summed E-state index contributed by atoms with van der Waals surface area (Å²) < 4.78 is 43.6. The summed E-state index contributed by atoms with van der Waals surface area (Å²) in [5.41, 5.74) is 7.86. The number of benzene rings is 2. The number of halogens is 3. The van der Waals surface area contributed by atoms with Crippen LogP contribution >= 0.6 is 11.3 Å². The molecule has 0 radical (unpaired) electrons. The molecular formula is C20H17F3N4O2S. The third-order valence-electron chi connectivity index (χ3n) is 4.48. The van der Waals surface area contributed by atoms with Gasteiger partial charge in [-0.2, -0.15) is 13.2 Å². The number of oxazole rings is 1. The van der Waals surface area contributed by atoms with Gasteiger partial charge in [0.05, 0.1) is 16.0 Å². The highest BCUT2D eigenvalue weighted by Crippen LogP contribution is 2.31. The fraction of sp³-hybridized carbons (Fsp3) is 0.200. The minimum absolute atomic E-state index is 0.304. The van der Waals surface area contributed by atoms with Crippen LogP contribution in [0, 0.1) is 0 Å². The highest BCUT2D eigenvalue weighted by Gasteiger charge is 2.30. The molecule has 4 N–H and O–H groups in total. The second-order valence-corrected chi connectivity index (χ2v) is 7.83. The molecule has 4 rings (SSSR count). The Kier molecular flexibility index (Phi) is 5.35. The largest absolute Gasteiger partial charge is 0.417 e. The van der Waals surface area contributed by atoms with Crippen LogP contribution in [0.2, 0.25) is 0 Å². The molecule has 10 heteroatoms. The number of nitrogens with one attached hydrogen (secondary N) is 2. The van der Waals surface area contributed by atoms with Crippen LogP contribution in [-0.4, -0.2) is 22.6 Å². The van der Waals surface area contributed by atoms with E-state index in [1.165, 1.54) is 17.4 Å². The number of alkyl halides is 3. The molecule has 1 atom stereocenters. The molecule has 0 amide bonds. The number of thiazole rings is 1. The summed E-state index contributed by atoms with van der Waals surface area (Å²) in [6.07, 6.45) is -2.38. The Labute approximate surface area is 172 Å². The Bertz CT molecular complexity index is 1230. The highest BCUT2D eigenvalue weighted by atomic mass is 32.1. The minimum atomic E-state index is -4.37. The number of hydrogen-bond acceptors (Lipinski definition) is 6. The zero-order valence-corrected chi connectivity index (χ0v) is 16.3. The Morgan fingerprint density at radius 1 is 1.23 bits per heavy atom. The van der Waals surface area contributed by atoms with Gasteiger partial charge in [0, 0.05) is 18.8 Å². The molecule has 6 nitrogen and oxygen atoms in total. The first kappa shape index (κ1) is 20.2. The van der Waals surface area contributed by atoms with E-state index in [1.807, 2.05) is 6.07 Å². The van der Waals surface area contributed by atoms with Gasteiger partial charge in [0.2, 0.25) is 0 Å². The van der Waals surface area contributed by atoms with Crippen LogP contribution in [0.4, 0.5) is 18.3 Å². The average molecular weight is 434 g/mol. The summed E-state index contributed by atoms with van der Waals surface area (Å²) in [6, 6.07) is 10.2. The molecule has 30 heavy (non-hydrogen) atoms. The van der Waals surface area contributed by atoms with Crippen LogP contribution in [0.1, 0.15) is 11.1 Å². The van der Waals surface area contributed by atoms with Crippen molar-refractivity contribution in [2.75, 3.05) is 11.9 Å². The number of H-pyrrole nitrogens is 1. The van der Waals surface area contributed by atoms with Gasteiger partial charge < -0.3 is 15.5 Å². The lowest BCUT2D eigenvalue weighted by atomic mass is 10.0. The lowest BCUT2D eigenvalue weighted by Gasteiger charge is -2.14. The maximum Gasteiger partial charge on any atom is 0.417 e. The summed E-state index contributed by atoms with van der Waals surface area (Å²) >= 11 is 1.40. The summed E-state index contributed by atoms with van der Waals surface area (Å²) in [4.78, 5) is 19.0. The average Bonchev–Trinajstić information content (AvgIpc) is 3.31. The van der Waals surface area contributed by atoms with Gasteiger partial charge in [0.25, 0.3) is 0 Å². The van der Waals surface area contributed by atoms with Gasteiger partial charge in [-0.3, -0.25) is 4.98 Å². The van der Waals surface area contributed by atoms with E-state index in [-0.39, 0.29) is 6.04 Å². The Balaban J connectivity index is 1.38. The van der Waals surface area contributed by atoms with Gasteiger partial charge in [-0.1, -0.05) is 35.6 Å². The molecule has 156 valence electrons. The predicted octanol–water partition coefficient (Wildman–Crippen LogP) is 4.25. The van der Waals surface area contributed by atoms with Crippen molar-refractivity contribution in [3.05, 3.63) is 70.3 Å². The maximum atomic E-state index is 12.8. The zero-order valence-electron chi connectivity index (χ0n) is 15.5. The number of nitrogens with two attached hydrogens (primary N) is 1. The molecule has 2 aromatic heterocycles. The van der Waals surface area contributed by atoms with Crippen molar-refractivity contribution in [2.24, 2.45) is 5.73 Å². The van der Waals surface area contributed by atoms with Gasteiger partial charge in [0.15, 0.2) is 10.7 Å². The third-order valence-corrected chi connectivity index (χ3v) is 5.48. The number of aromatic amines is 1. The van der Waals surface area contributed by atoms with Crippen LogP contribution in [-0.2, 0) is 12.6 Å². The van der Waals surface area contributed by atoms with Crippen molar-refractivity contribution in [3.63, 3.8) is 0 Å².